The number of fused-ring (bicyclic) bond motifs is 1. The molecule has 1 aromatic heterocycles. The quantitative estimate of drug-likeness (QED) is 0.781. The molecule has 0 radical (unpaired) electrons. The lowest BCUT2D eigenvalue weighted by molar-refractivity contribution is 0.167. The molecular weight excluding hydrogens is 202 g/mol. The lowest BCUT2D eigenvalue weighted by atomic mass is 10.1. The second-order valence-electron chi connectivity index (χ2n) is 4.87. The maximum Gasteiger partial charge on any atom is 0.147 e. The fraction of sp³-hybridized carbons (Fsp3) is 0.818. The van der Waals surface area contributed by atoms with Crippen LogP contribution in [-0.2, 0) is 19.5 Å². The molecule has 1 aromatic rings. The lowest BCUT2D eigenvalue weighted by Gasteiger charge is -2.35. The van der Waals surface area contributed by atoms with Gasteiger partial charge in [0.05, 0.1) is 6.54 Å². The Morgan fingerprint density at radius 2 is 2.25 bits per heavy atom. The van der Waals surface area contributed by atoms with Gasteiger partial charge in [-0.15, -0.1) is 10.2 Å². The first-order valence-electron chi connectivity index (χ1n) is 6.16. The van der Waals surface area contributed by atoms with Crippen molar-refractivity contribution in [2.75, 3.05) is 20.1 Å². The van der Waals surface area contributed by atoms with Crippen molar-refractivity contribution in [3.63, 3.8) is 0 Å². The lowest BCUT2D eigenvalue weighted by Crippen LogP contribution is -2.55. The Labute approximate surface area is 95.8 Å². The second-order valence-corrected chi connectivity index (χ2v) is 4.87. The zero-order valence-corrected chi connectivity index (χ0v) is 9.82. The molecule has 2 aliphatic heterocycles. The van der Waals surface area contributed by atoms with Gasteiger partial charge in [0.1, 0.15) is 11.6 Å². The van der Waals surface area contributed by atoms with Crippen LogP contribution in [0.25, 0.3) is 0 Å². The summed E-state index contributed by atoms with van der Waals surface area (Å²) in [4.78, 5) is 2.38. The van der Waals surface area contributed by atoms with Gasteiger partial charge in [-0.3, -0.25) is 4.90 Å². The first-order chi connectivity index (χ1) is 7.84. The van der Waals surface area contributed by atoms with Crippen LogP contribution in [0.1, 0.15) is 24.5 Å². The molecular formula is C11H19N5. The van der Waals surface area contributed by atoms with E-state index in [1.54, 1.807) is 0 Å². The van der Waals surface area contributed by atoms with E-state index in [-0.39, 0.29) is 0 Å². The summed E-state index contributed by atoms with van der Waals surface area (Å²) in [6.07, 6.45) is 3.63. The van der Waals surface area contributed by atoms with E-state index in [0.717, 1.165) is 38.4 Å². The maximum absolute atomic E-state index is 4.33. The first kappa shape index (κ1) is 10.2. The predicted octanol–water partition coefficient (Wildman–Crippen LogP) is 0.0180. The average Bonchev–Trinajstić information content (AvgIpc) is 2.59. The predicted molar refractivity (Wildman–Crippen MR) is 61.1 cm³/mol. The highest BCUT2D eigenvalue weighted by Gasteiger charge is 2.24. The molecule has 5 heteroatoms. The summed E-state index contributed by atoms with van der Waals surface area (Å²) in [6.45, 7) is 4.25. The minimum absolute atomic E-state index is 0.677. The third-order valence-corrected chi connectivity index (χ3v) is 3.71. The van der Waals surface area contributed by atoms with E-state index in [0.29, 0.717) is 6.04 Å². The van der Waals surface area contributed by atoms with Crippen LogP contribution >= 0.6 is 0 Å². The molecule has 0 unspecified atom stereocenters. The largest absolute Gasteiger partial charge is 0.314 e. The Morgan fingerprint density at radius 1 is 1.38 bits per heavy atom. The van der Waals surface area contributed by atoms with Crippen LogP contribution in [0, 0.1) is 0 Å². The molecule has 0 saturated carbocycles. The van der Waals surface area contributed by atoms with E-state index in [4.69, 9.17) is 0 Å². The fourth-order valence-electron chi connectivity index (χ4n) is 2.42. The zero-order valence-electron chi connectivity index (χ0n) is 9.82. The Balaban J connectivity index is 1.71. The molecule has 1 N–H and O–H groups in total. The van der Waals surface area contributed by atoms with Crippen molar-refractivity contribution in [1.82, 2.24) is 25.0 Å². The van der Waals surface area contributed by atoms with E-state index in [1.807, 2.05) is 0 Å². The van der Waals surface area contributed by atoms with Crippen molar-refractivity contribution < 1.29 is 0 Å². The van der Waals surface area contributed by atoms with Gasteiger partial charge in [0.2, 0.25) is 0 Å². The average molecular weight is 221 g/mol. The van der Waals surface area contributed by atoms with Crippen molar-refractivity contribution >= 4 is 0 Å². The molecule has 0 atom stereocenters. The van der Waals surface area contributed by atoms with Crippen molar-refractivity contribution in [3.8, 4) is 0 Å². The van der Waals surface area contributed by atoms with Crippen LogP contribution in [0.15, 0.2) is 0 Å². The van der Waals surface area contributed by atoms with Gasteiger partial charge in [0.25, 0.3) is 0 Å². The van der Waals surface area contributed by atoms with Gasteiger partial charge < -0.3 is 9.88 Å². The molecule has 2 aliphatic rings. The van der Waals surface area contributed by atoms with Crippen molar-refractivity contribution in [1.29, 1.82) is 0 Å². The van der Waals surface area contributed by atoms with E-state index >= 15 is 0 Å². The Kier molecular flexibility index (Phi) is 2.65. The topological polar surface area (TPSA) is 46.0 Å². The number of aryl methyl sites for hydroxylation is 1. The van der Waals surface area contributed by atoms with Crippen LogP contribution in [0.5, 0.6) is 0 Å². The molecule has 0 aliphatic carbocycles. The van der Waals surface area contributed by atoms with Crippen LogP contribution < -0.4 is 5.32 Å². The SMILES string of the molecule is CN(Cc1nnc2n1CCCC2)C1CNC1. The van der Waals surface area contributed by atoms with Gasteiger partial charge in [0.15, 0.2) is 0 Å². The Hall–Kier alpha value is -0.940. The number of hydrogen-bond acceptors (Lipinski definition) is 4. The number of likely N-dealkylation sites (N-methyl/N-ethyl adjacent to an activating group) is 1. The van der Waals surface area contributed by atoms with E-state index in [1.165, 1.54) is 18.7 Å². The molecule has 1 fully saturated rings. The number of nitrogens with zero attached hydrogens (tertiary/aromatic N) is 4. The van der Waals surface area contributed by atoms with Gasteiger partial charge in [0, 0.05) is 32.1 Å². The normalized spacial score (nSPS) is 20.9. The molecule has 16 heavy (non-hydrogen) atoms. The minimum Gasteiger partial charge on any atom is -0.314 e. The molecule has 0 spiro atoms. The van der Waals surface area contributed by atoms with Gasteiger partial charge in [-0.1, -0.05) is 0 Å². The third kappa shape index (κ3) is 1.74. The number of nitrogens with one attached hydrogen (secondary N) is 1. The Morgan fingerprint density at radius 3 is 3.00 bits per heavy atom. The molecule has 88 valence electrons. The zero-order chi connectivity index (χ0) is 11.0. The highest BCUT2D eigenvalue weighted by Crippen LogP contribution is 2.16. The van der Waals surface area contributed by atoms with Crippen molar-refractivity contribution in [2.24, 2.45) is 0 Å². The number of rotatable bonds is 3. The summed E-state index contributed by atoms with van der Waals surface area (Å²) in [7, 11) is 2.18. The van der Waals surface area contributed by atoms with Gasteiger partial charge >= 0.3 is 0 Å². The molecule has 3 heterocycles. The second kappa shape index (κ2) is 4.14. The summed E-state index contributed by atoms with van der Waals surface area (Å²) in [5, 5.41) is 11.9. The Bertz CT molecular complexity index is 368. The summed E-state index contributed by atoms with van der Waals surface area (Å²) < 4.78 is 2.31. The summed E-state index contributed by atoms with van der Waals surface area (Å²) >= 11 is 0. The van der Waals surface area contributed by atoms with Crippen molar-refractivity contribution in [3.05, 3.63) is 11.6 Å². The highest BCUT2D eigenvalue weighted by atomic mass is 15.3. The third-order valence-electron chi connectivity index (χ3n) is 3.71. The molecule has 0 amide bonds. The smallest absolute Gasteiger partial charge is 0.147 e. The molecule has 0 aromatic carbocycles. The van der Waals surface area contributed by atoms with Crippen LogP contribution in [0.3, 0.4) is 0 Å². The van der Waals surface area contributed by atoms with Gasteiger partial charge in [-0.25, -0.2) is 0 Å². The number of hydrogen-bond donors (Lipinski definition) is 1. The standard InChI is InChI=1S/C11H19N5/c1-15(9-6-12-7-9)8-11-14-13-10-4-2-3-5-16(10)11/h9,12H,2-8H2,1H3. The number of aromatic nitrogens is 3. The monoisotopic (exact) mass is 221 g/mol. The van der Waals surface area contributed by atoms with Crippen LogP contribution in [0.4, 0.5) is 0 Å². The molecule has 5 nitrogen and oxygen atoms in total. The van der Waals surface area contributed by atoms with Crippen LogP contribution in [-0.4, -0.2) is 45.8 Å². The van der Waals surface area contributed by atoms with Gasteiger partial charge in [-0.2, -0.15) is 0 Å². The van der Waals surface area contributed by atoms with E-state index < -0.39 is 0 Å². The fourth-order valence-corrected chi connectivity index (χ4v) is 2.42. The van der Waals surface area contributed by atoms with E-state index in [2.05, 4.69) is 32.0 Å². The molecule has 3 rings (SSSR count). The maximum atomic E-state index is 4.33. The minimum atomic E-state index is 0.677. The molecule has 1 saturated heterocycles. The van der Waals surface area contributed by atoms with Crippen LogP contribution in [0.2, 0.25) is 0 Å². The molecule has 0 bridgehead atoms. The van der Waals surface area contributed by atoms with Gasteiger partial charge in [-0.05, 0) is 19.9 Å². The van der Waals surface area contributed by atoms with E-state index in [9.17, 15) is 0 Å². The summed E-state index contributed by atoms with van der Waals surface area (Å²) in [5.41, 5.74) is 0. The van der Waals surface area contributed by atoms with Crippen molar-refractivity contribution in [2.45, 2.75) is 38.4 Å². The highest BCUT2D eigenvalue weighted by molar-refractivity contribution is 4.99. The summed E-state index contributed by atoms with van der Waals surface area (Å²) in [5.74, 6) is 2.32. The first-order valence-corrected chi connectivity index (χ1v) is 6.16. The summed E-state index contributed by atoms with van der Waals surface area (Å²) in [6, 6.07) is 0.677.